The van der Waals surface area contributed by atoms with Crippen LogP contribution < -0.4 is 10.6 Å². The first-order chi connectivity index (χ1) is 17.0. The summed E-state index contributed by atoms with van der Waals surface area (Å²) >= 11 is 6.12. The van der Waals surface area contributed by atoms with Crippen LogP contribution in [0.3, 0.4) is 0 Å². The average molecular weight is 491 g/mol. The molecule has 0 saturated heterocycles. The van der Waals surface area contributed by atoms with Gasteiger partial charge in [-0.25, -0.2) is 4.39 Å². The van der Waals surface area contributed by atoms with Crippen molar-refractivity contribution in [2.24, 2.45) is 0 Å². The Labute approximate surface area is 205 Å². The number of hydrogen-bond donors (Lipinski definition) is 2. The second-order valence-corrected chi connectivity index (χ2v) is 7.97. The van der Waals surface area contributed by atoms with Gasteiger partial charge in [0.2, 0.25) is 11.8 Å². The maximum absolute atomic E-state index is 13.2. The molecule has 0 aliphatic carbocycles. The minimum absolute atomic E-state index is 0.264. The Bertz CT molecular complexity index is 1330. The molecule has 4 aromatic rings. The van der Waals surface area contributed by atoms with Crippen molar-refractivity contribution in [3.05, 3.63) is 107 Å². The van der Waals surface area contributed by atoms with E-state index in [9.17, 15) is 14.0 Å². The van der Waals surface area contributed by atoms with E-state index in [1.165, 1.54) is 41.4 Å². The van der Waals surface area contributed by atoms with Gasteiger partial charge >= 0.3 is 0 Å². The Balaban J connectivity index is 1.52. The molecule has 35 heavy (non-hydrogen) atoms. The highest BCUT2D eigenvalue weighted by Gasteiger charge is 2.21. The van der Waals surface area contributed by atoms with Crippen molar-refractivity contribution in [1.29, 1.82) is 0 Å². The Morgan fingerprint density at radius 1 is 1.06 bits per heavy atom. The van der Waals surface area contributed by atoms with Crippen molar-refractivity contribution in [2.45, 2.75) is 12.5 Å². The zero-order valence-corrected chi connectivity index (χ0v) is 19.1. The van der Waals surface area contributed by atoms with Crippen LogP contribution >= 0.6 is 11.6 Å². The number of anilines is 1. The summed E-state index contributed by atoms with van der Waals surface area (Å²) in [6.07, 6.45) is 4.56. The first kappa shape index (κ1) is 23.8. The number of nitrogens with one attached hydrogen (secondary N) is 2. The molecule has 3 aromatic carbocycles. The number of hydrogen-bond acceptors (Lipinski definition) is 5. The molecule has 0 fully saturated rings. The molecule has 1 heterocycles. The molecule has 8 nitrogen and oxygen atoms in total. The summed E-state index contributed by atoms with van der Waals surface area (Å²) in [6, 6.07) is 18.9. The van der Waals surface area contributed by atoms with E-state index in [0.717, 1.165) is 5.56 Å². The molecule has 2 N–H and O–H groups in total. The third-order valence-electron chi connectivity index (χ3n) is 5.03. The predicted molar refractivity (Wildman–Crippen MR) is 130 cm³/mol. The quantitative estimate of drug-likeness (QED) is 0.365. The molecular formula is C25H20ClFN6O2. The molecule has 1 aromatic heterocycles. The van der Waals surface area contributed by atoms with E-state index in [-0.39, 0.29) is 6.42 Å². The van der Waals surface area contributed by atoms with Crippen LogP contribution in [-0.2, 0) is 16.0 Å². The third-order valence-corrected chi connectivity index (χ3v) is 5.26. The van der Waals surface area contributed by atoms with Crippen molar-refractivity contribution in [2.75, 3.05) is 5.32 Å². The molecule has 0 radical (unpaired) electrons. The first-order valence-corrected chi connectivity index (χ1v) is 11.0. The number of benzene rings is 3. The lowest BCUT2D eigenvalue weighted by atomic mass is 10.0. The lowest BCUT2D eigenvalue weighted by Crippen LogP contribution is -2.44. The summed E-state index contributed by atoms with van der Waals surface area (Å²) in [5.74, 6) is -1.33. The van der Waals surface area contributed by atoms with Crippen molar-refractivity contribution in [3.63, 3.8) is 0 Å². The molecule has 4 rings (SSSR count). The summed E-state index contributed by atoms with van der Waals surface area (Å²) in [4.78, 5) is 25.8. The molecule has 0 bridgehead atoms. The smallest absolute Gasteiger partial charge is 0.247 e. The highest BCUT2D eigenvalue weighted by molar-refractivity contribution is 6.30. The van der Waals surface area contributed by atoms with E-state index in [4.69, 9.17) is 11.6 Å². The van der Waals surface area contributed by atoms with Crippen LogP contribution in [0.5, 0.6) is 0 Å². The van der Waals surface area contributed by atoms with Crippen LogP contribution in [0.25, 0.3) is 11.8 Å². The van der Waals surface area contributed by atoms with E-state index in [2.05, 4.69) is 26.2 Å². The van der Waals surface area contributed by atoms with Gasteiger partial charge in [0.05, 0.1) is 5.69 Å². The Morgan fingerprint density at radius 2 is 1.83 bits per heavy atom. The van der Waals surface area contributed by atoms with Crippen molar-refractivity contribution in [3.8, 4) is 5.69 Å². The molecule has 176 valence electrons. The number of rotatable bonds is 8. The molecule has 1 atom stereocenters. The van der Waals surface area contributed by atoms with Gasteiger partial charge in [-0.2, -0.15) is 4.68 Å². The fourth-order valence-corrected chi connectivity index (χ4v) is 3.53. The zero-order valence-electron chi connectivity index (χ0n) is 18.3. The zero-order chi connectivity index (χ0) is 24.6. The van der Waals surface area contributed by atoms with Gasteiger partial charge in [0.15, 0.2) is 0 Å². The fraction of sp³-hybridized carbons (Fsp3) is 0.0800. The van der Waals surface area contributed by atoms with E-state index >= 15 is 0 Å². The average Bonchev–Trinajstić information content (AvgIpc) is 3.39. The highest BCUT2D eigenvalue weighted by atomic mass is 35.5. The normalized spacial score (nSPS) is 11.8. The largest absolute Gasteiger partial charge is 0.340 e. The minimum atomic E-state index is -0.877. The SMILES string of the molecule is O=C(/C=C/c1cc(Cl)ccc1-n1cnnn1)N[C@@H](Cc1ccccc1)C(=O)Nc1ccc(F)cc1. The second kappa shape index (κ2) is 11.2. The van der Waals surface area contributed by atoms with Crippen LogP contribution in [-0.4, -0.2) is 38.1 Å². The third kappa shape index (κ3) is 6.58. The molecule has 0 aliphatic rings. The number of nitrogens with zero attached hydrogens (tertiary/aromatic N) is 4. The predicted octanol–water partition coefficient (Wildman–Crippen LogP) is 3.83. The summed E-state index contributed by atoms with van der Waals surface area (Å²) in [7, 11) is 0. The number of carbonyl (C=O) groups is 2. The van der Waals surface area contributed by atoms with Gasteiger partial charge in [-0.05, 0) is 64.5 Å². The number of tetrazole rings is 1. The van der Waals surface area contributed by atoms with Crippen molar-refractivity contribution in [1.82, 2.24) is 25.5 Å². The maximum Gasteiger partial charge on any atom is 0.247 e. The topological polar surface area (TPSA) is 102 Å². The number of carbonyl (C=O) groups excluding carboxylic acids is 2. The molecule has 2 amide bonds. The first-order valence-electron chi connectivity index (χ1n) is 10.6. The summed E-state index contributed by atoms with van der Waals surface area (Å²) in [6.45, 7) is 0. The van der Waals surface area contributed by atoms with Crippen LogP contribution in [0.4, 0.5) is 10.1 Å². The lowest BCUT2D eigenvalue weighted by Gasteiger charge is -2.18. The van der Waals surface area contributed by atoms with E-state index in [1.807, 2.05) is 30.3 Å². The van der Waals surface area contributed by atoms with E-state index < -0.39 is 23.7 Å². The van der Waals surface area contributed by atoms with Crippen molar-refractivity contribution < 1.29 is 14.0 Å². The molecule has 0 spiro atoms. The molecule has 0 saturated carbocycles. The fourth-order valence-electron chi connectivity index (χ4n) is 3.35. The van der Waals surface area contributed by atoms with Gasteiger partial charge in [-0.3, -0.25) is 9.59 Å². The summed E-state index contributed by atoms with van der Waals surface area (Å²) in [5, 5.41) is 17.1. The summed E-state index contributed by atoms with van der Waals surface area (Å²) in [5.41, 5.74) is 2.52. The Morgan fingerprint density at radius 3 is 2.54 bits per heavy atom. The molecule has 0 aliphatic heterocycles. The van der Waals surface area contributed by atoms with Crippen LogP contribution in [0, 0.1) is 5.82 Å². The van der Waals surface area contributed by atoms with Gasteiger partial charge < -0.3 is 10.6 Å². The number of amides is 2. The van der Waals surface area contributed by atoms with E-state index in [1.54, 1.807) is 24.3 Å². The van der Waals surface area contributed by atoms with E-state index in [0.29, 0.717) is 22.0 Å². The lowest BCUT2D eigenvalue weighted by molar-refractivity contribution is -0.123. The second-order valence-electron chi connectivity index (χ2n) is 7.54. The summed E-state index contributed by atoms with van der Waals surface area (Å²) < 4.78 is 14.7. The molecular weight excluding hydrogens is 471 g/mol. The van der Waals surface area contributed by atoms with Gasteiger partial charge in [0.1, 0.15) is 18.2 Å². The standard InChI is InChI=1S/C25H20ClFN6O2/c26-19-7-12-23(33-16-28-31-32-33)18(15-19)6-13-24(34)30-22(14-17-4-2-1-3-5-17)25(35)29-21-10-8-20(27)9-11-21/h1-13,15-16,22H,14H2,(H,29,35)(H,30,34)/b13-6+/t22-/m0/s1. The van der Waals surface area contributed by atoms with Crippen LogP contribution in [0.2, 0.25) is 5.02 Å². The number of halogens is 2. The molecule has 0 unspecified atom stereocenters. The van der Waals surface area contributed by atoms with Crippen molar-refractivity contribution >= 4 is 35.2 Å². The monoisotopic (exact) mass is 490 g/mol. The Hall–Kier alpha value is -4.37. The van der Waals surface area contributed by atoms with Crippen LogP contribution in [0.15, 0.2) is 85.2 Å². The Kier molecular flexibility index (Phi) is 7.59. The van der Waals surface area contributed by atoms with Gasteiger partial charge in [0.25, 0.3) is 0 Å². The minimum Gasteiger partial charge on any atom is -0.340 e. The number of aromatic nitrogens is 4. The molecule has 10 heteroatoms. The van der Waals surface area contributed by atoms with Gasteiger partial charge in [0, 0.05) is 28.8 Å². The van der Waals surface area contributed by atoms with Gasteiger partial charge in [-0.15, -0.1) is 5.10 Å². The van der Waals surface area contributed by atoms with Gasteiger partial charge in [-0.1, -0.05) is 41.9 Å². The van der Waals surface area contributed by atoms with Crippen LogP contribution in [0.1, 0.15) is 11.1 Å². The highest BCUT2D eigenvalue weighted by Crippen LogP contribution is 2.20. The maximum atomic E-state index is 13.2.